The third-order valence-electron chi connectivity index (χ3n) is 5.71. The lowest BCUT2D eigenvalue weighted by atomic mass is 10.1. The third kappa shape index (κ3) is 5.28. The molecule has 0 saturated carbocycles. The molecule has 12 heteroatoms. The molecular formula is C26H21F2N5O5. The van der Waals surface area contributed by atoms with Gasteiger partial charge in [0.25, 0.3) is 11.8 Å². The van der Waals surface area contributed by atoms with Crippen molar-refractivity contribution in [3.8, 4) is 11.5 Å². The third-order valence-corrected chi connectivity index (χ3v) is 5.71. The van der Waals surface area contributed by atoms with Crippen molar-refractivity contribution in [1.82, 2.24) is 25.2 Å². The van der Waals surface area contributed by atoms with Crippen molar-refractivity contribution in [3.63, 3.8) is 0 Å². The highest BCUT2D eigenvalue weighted by molar-refractivity contribution is 5.98. The molecular weight excluding hydrogens is 500 g/mol. The number of esters is 1. The maximum absolute atomic E-state index is 14.3. The number of aromatic nitrogens is 3. The van der Waals surface area contributed by atoms with Gasteiger partial charge in [0.1, 0.15) is 22.9 Å². The van der Waals surface area contributed by atoms with Crippen LogP contribution in [0.25, 0.3) is 5.65 Å². The highest BCUT2D eigenvalue weighted by Crippen LogP contribution is 2.26. The number of rotatable bonds is 8. The number of carbonyl (C=O) groups excluding carboxylic acids is 3. The Morgan fingerprint density at radius 2 is 1.79 bits per heavy atom. The Labute approximate surface area is 214 Å². The molecule has 4 aromatic rings. The summed E-state index contributed by atoms with van der Waals surface area (Å²) >= 11 is 0. The fraction of sp³-hybridized carbons (Fsp3) is 0.192. The van der Waals surface area contributed by atoms with Crippen LogP contribution in [0, 0.1) is 5.82 Å². The van der Waals surface area contributed by atoms with Gasteiger partial charge in [-0.2, -0.15) is 5.10 Å². The van der Waals surface area contributed by atoms with Crippen molar-refractivity contribution in [3.05, 3.63) is 88.6 Å². The minimum atomic E-state index is -1.45. The zero-order valence-electron chi connectivity index (χ0n) is 20.0. The molecule has 5 rings (SSSR count). The molecule has 0 saturated heterocycles. The minimum absolute atomic E-state index is 0.0940. The van der Waals surface area contributed by atoms with E-state index in [1.807, 2.05) is 0 Å². The van der Waals surface area contributed by atoms with Gasteiger partial charge in [-0.3, -0.25) is 14.4 Å². The molecule has 1 unspecified atom stereocenters. The molecule has 3 heterocycles. The molecule has 1 aliphatic rings. The highest BCUT2D eigenvalue weighted by Gasteiger charge is 2.22. The zero-order chi connectivity index (χ0) is 26.8. The van der Waals surface area contributed by atoms with Crippen molar-refractivity contribution in [2.45, 2.75) is 32.8 Å². The van der Waals surface area contributed by atoms with E-state index in [-0.39, 0.29) is 42.5 Å². The van der Waals surface area contributed by atoms with Gasteiger partial charge in [0.2, 0.25) is 6.36 Å². The molecule has 2 aromatic heterocycles. The lowest BCUT2D eigenvalue weighted by Crippen LogP contribution is -2.28. The fourth-order valence-corrected chi connectivity index (χ4v) is 3.93. The Bertz CT molecular complexity index is 1550. The second-order valence-corrected chi connectivity index (χ2v) is 8.52. The molecule has 2 amide bonds. The number of hydrogen-bond acceptors (Lipinski definition) is 7. The van der Waals surface area contributed by atoms with E-state index in [2.05, 4.69) is 20.7 Å². The number of nitrogens with one attached hydrogen (secondary N) is 2. The van der Waals surface area contributed by atoms with E-state index in [9.17, 15) is 23.2 Å². The number of nitrogens with zero attached hydrogens (tertiary/aromatic N) is 3. The topological polar surface area (TPSA) is 124 Å². The first-order chi connectivity index (χ1) is 18.3. The molecule has 0 bridgehead atoms. The van der Waals surface area contributed by atoms with E-state index in [1.54, 1.807) is 42.5 Å². The standard InChI is InChI=1S/C26H21F2N5O5/c1-14(27)37-18-5-2-15(3-6-18)11-30-26(36)21-10-20(32-24-19(28)13-31-33(21)24)25(35)29-12-16-4-7-22-17(8-16)9-23(34)38-22/h2-8,10,13-14H,9,11-12H2,1H3,(H,29,35)(H,30,36). The Morgan fingerprint density at radius 1 is 1.08 bits per heavy atom. The summed E-state index contributed by atoms with van der Waals surface area (Å²) in [6.45, 7) is 1.48. The first kappa shape index (κ1) is 24.8. The van der Waals surface area contributed by atoms with E-state index in [4.69, 9.17) is 9.47 Å². The van der Waals surface area contributed by atoms with Crippen molar-refractivity contribution >= 4 is 23.4 Å². The van der Waals surface area contributed by atoms with E-state index in [0.29, 0.717) is 17.1 Å². The average Bonchev–Trinajstić information content (AvgIpc) is 3.46. The van der Waals surface area contributed by atoms with Gasteiger partial charge >= 0.3 is 5.97 Å². The number of halogens is 2. The van der Waals surface area contributed by atoms with Crippen LogP contribution in [0.5, 0.6) is 11.5 Å². The molecule has 0 radical (unpaired) electrons. The molecule has 1 atom stereocenters. The van der Waals surface area contributed by atoms with Gasteiger partial charge in [-0.05, 0) is 35.4 Å². The Morgan fingerprint density at radius 3 is 2.55 bits per heavy atom. The van der Waals surface area contributed by atoms with Gasteiger partial charge in [0.05, 0.1) is 12.6 Å². The van der Waals surface area contributed by atoms with Crippen LogP contribution >= 0.6 is 0 Å². The van der Waals surface area contributed by atoms with Crippen LogP contribution in [0.2, 0.25) is 0 Å². The largest absolute Gasteiger partial charge is 0.461 e. The predicted octanol–water partition coefficient (Wildman–Crippen LogP) is 2.88. The van der Waals surface area contributed by atoms with E-state index < -0.39 is 24.0 Å². The summed E-state index contributed by atoms with van der Waals surface area (Å²) < 4.78 is 38.4. The maximum atomic E-state index is 14.3. The van der Waals surface area contributed by atoms with Crippen LogP contribution in [0.15, 0.2) is 54.7 Å². The second kappa shape index (κ2) is 10.2. The molecule has 1 aliphatic heterocycles. The maximum Gasteiger partial charge on any atom is 0.315 e. The van der Waals surface area contributed by atoms with Crippen LogP contribution in [0.1, 0.15) is 44.6 Å². The summed E-state index contributed by atoms with van der Waals surface area (Å²) in [7, 11) is 0. The predicted molar refractivity (Wildman–Crippen MR) is 129 cm³/mol. The first-order valence-corrected chi connectivity index (χ1v) is 11.6. The van der Waals surface area contributed by atoms with Gasteiger partial charge in [-0.25, -0.2) is 18.3 Å². The van der Waals surface area contributed by atoms with Crippen molar-refractivity contribution in [2.24, 2.45) is 0 Å². The molecule has 38 heavy (non-hydrogen) atoms. The first-order valence-electron chi connectivity index (χ1n) is 11.6. The lowest BCUT2D eigenvalue weighted by Gasteiger charge is -2.11. The van der Waals surface area contributed by atoms with Crippen molar-refractivity contribution in [2.75, 3.05) is 0 Å². The Hall–Kier alpha value is -4.87. The van der Waals surface area contributed by atoms with Crippen LogP contribution in [-0.2, 0) is 24.3 Å². The van der Waals surface area contributed by atoms with Crippen LogP contribution in [0.3, 0.4) is 0 Å². The number of fused-ring (bicyclic) bond motifs is 2. The number of carbonyl (C=O) groups is 3. The minimum Gasteiger partial charge on any atom is -0.461 e. The molecule has 0 spiro atoms. The highest BCUT2D eigenvalue weighted by atomic mass is 19.1. The van der Waals surface area contributed by atoms with E-state index >= 15 is 0 Å². The monoisotopic (exact) mass is 521 g/mol. The summed E-state index contributed by atoms with van der Waals surface area (Å²) in [6.07, 6.45) is -0.397. The van der Waals surface area contributed by atoms with E-state index in [1.165, 1.54) is 13.0 Å². The van der Waals surface area contributed by atoms with Crippen LogP contribution in [0.4, 0.5) is 8.78 Å². The summed E-state index contributed by atoms with van der Waals surface area (Å²) in [5.74, 6) is -1.55. The number of hydrogen-bond donors (Lipinski definition) is 2. The summed E-state index contributed by atoms with van der Waals surface area (Å²) in [6, 6.07) is 12.8. The van der Waals surface area contributed by atoms with E-state index in [0.717, 1.165) is 21.8 Å². The smallest absolute Gasteiger partial charge is 0.315 e. The summed E-state index contributed by atoms with van der Waals surface area (Å²) in [4.78, 5) is 41.3. The van der Waals surface area contributed by atoms with Crippen molar-refractivity contribution in [1.29, 1.82) is 0 Å². The number of alkyl halides is 1. The van der Waals surface area contributed by atoms with Gasteiger partial charge in [-0.1, -0.05) is 18.2 Å². The average molecular weight is 521 g/mol. The lowest BCUT2D eigenvalue weighted by molar-refractivity contribution is -0.131. The molecule has 0 fully saturated rings. The normalized spacial score (nSPS) is 13.1. The van der Waals surface area contributed by atoms with Gasteiger partial charge < -0.3 is 20.1 Å². The second-order valence-electron chi connectivity index (χ2n) is 8.52. The summed E-state index contributed by atoms with van der Waals surface area (Å²) in [5.41, 5.74) is 1.60. The molecule has 10 nitrogen and oxygen atoms in total. The Balaban J connectivity index is 1.30. The Kier molecular flexibility index (Phi) is 6.69. The van der Waals surface area contributed by atoms with Crippen molar-refractivity contribution < 1.29 is 32.6 Å². The molecule has 2 N–H and O–H groups in total. The zero-order valence-corrected chi connectivity index (χ0v) is 20.0. The molecule has 0 aliphatic carbocycles. The van der Waals surface area contributed by atoms with Crippen LogP contribution < -0.4 is 20.1 Å². The summed E-state index contributed by atoms with van der Waals surface area (Å²) in [5, 5.41) is 9.24. The van der Waals surface area contributed by atoms with Gasteiger partial charge in [0, 0.05) is 31.6 Å². The number of ether oxygens (including phenoxy) is 2. The number of benzene rings is 2. The molecule has 194 valence electrons. The quantitative estimate of drug-likeness (QED) is 0.270. The molecule has 2 aromatic carbocycles. The van der Waals surface area contributed by atoms with Gasteiger partial charge in [0.15, 0.2) is 11.5 Å². The van der Waals surface area contributed by atoms with Gasteiger partial charge in [-0.15, -0.1) is 0 Å². The van der Waals surface area contributed by atoms with Crippen LogP contribution in [-0.4, -0.2) is 38.7 Å². The SMILES string of the molecule is CC(F)Oc1ccc(CNC(=O)c2cc(C(=O)NCc3ccc4c(c3)CC(=O)O4)nc3c(F)cnn23)cc1. The number of amides is 2. The fourth-order valence-electron chi connectivity index (χ4n) is 3.93.